The van der Waals surface area contributed by atoms with Gasteiger partial charge in [-0.2, -0.15) is 0 Å². The molecule has 132 valence electrons. The number of carbonyl (C=O) groups excluding carboxylic acids is 1. The van der Waals surface area contributed by atoms with Gasteiger partial charge in [0.1, 0.15) is 6.10 Å². The first-order valence-corrected chi connectivity index (χ1v) is 8.99. The molecule has 1 aromatic heterocycles. The molecule has 1 unspecified atom stereocenters. The van der Waals surface area contributed by atoms with E-state index >= 15 is 0 Å². The third kappa shape index (κ3) is 5.02. The maximum Gasteiger partial charge on any atom is 0.223 e. The number of pyridine rings is 1. The summed E-state index contributed by atoms with van der Waals surface area (Å²) < 4.78 is 5.90. The molecule has 1 saturated carbocycles. The molecule has 1 aliphatic carbocycles. The molecule has 25 heavy (non-hydrogen) atoms. The van der Waals surface area contributed by atoms with Crippen LogP contribution >= 0.6 is 0 Å². The molecule has 0 spiro atoms. The molecule has 0 N–H and O–H groups in total. The quantitative estimate of drug-likeness (QED) is 0.683. The van der Waals surface area contributed by atoms with E-state index in [-0.39, 0.29) is 12.0 Å². The summed E-state index contributed by atoms with van der Waals surface area (Å²) in [7, 11) is 0. The molecule has 0 aromatic carbocycles. The highest BCUT2D eigenvalue weighted by atomic mass is 16.5. The number of aliphatic imine (C=N–C) groups is 1. The summed E-state index contributed by atoms with van der Waals surface area (Å²) in [4.78, 5) is 22.6. The highest BCUT2D eigenvalue weighted by molar-refractivity contribution is 6.04. The van der Waals surface area contributed by atoms with Gasteiger partial charge in [0.25, 0.3) is 0 Å². The second kappa shape index (κ2) is 8.60. The van der Waals surface area contributed by atoms with Crippen molar-refractivity contribution in [2.24, 2.45) is 10.9 Å². The van der Waals surface area contributed by atoms with Gasteiger partial charge in [-0.3, -0.25) is 14.8 Å². The minimum absolute atomic E-state index is 0.110. The van der Waals surface area contributed by atoms with Gasteiger partial charge in [0.15, 0.2) is 0 Å². The predicted molar refractivity (Wildman–Crippen MR) is 98.1 cm³/mol. The topological polar surface area (TPSA) is 54.8 Å². The monoisotopic (exact) mass is 339 g/mol. The Labute approximate surface area is 149 Å². The van der Waals surface area contributed by atoms with Crippen molar-refractivity contribution >= 4 is 11.6 Å². The van der Waals surface area contributed by atoms with Gasteiger partial charge < -0.3 is 9.64 Å². The first kappa shape index (κ1) is 17.4. The van der Waals surface area contributed by atoms with Crippen LogP contribution in [0.1, 0.15) is 38.2 Å². The zero-order valence-corrected chi connectivity index (χ0v) is 14.7. The largest absolute Gasteiger partial charge is 0.492 e. The van der Waals surface area contributed by atoms with Crippen molar-refractivity contribution in [3.05, 3.63) is 54.7 Å². The Morgan fingerprint density at radius 3 is 2.88 bits per heavy atom. The second-order valence-electron chi connectivity index (χ2n) is 6.45. The Balaban J connectivity index is 1.52. The summed E-state index contributed by atoms with van der Waals surface area (Å²) in [5.41, 5.74) is 1.93. The number of carbonyl (C=O) groups is 1. The molecule has 0 saturated heterocycles. The van der Waals surface area contributed by atoms with Crippen LogP contribution in [0.4, 0.5) is 0 Å². The molecule has 0 radical (unpaired) electrons. The highest BCUT2D eigenvalue weighted by Gasteiger charge is 2.26. The van der Waals surface area contributed by atoms with Gasteiger partial charge in [0, 0.05) is 50.1 Å². The average molecular weight is 339 g/mol. The number of hydrogen-bond acceptors (Lipinski definition) is 4. The molecule has 1 aromatic rings. The number of hydrogen-bond donors (Lipinski definition) is 0. The Morgan fingerprint density at radius 1 is 1.36 bits per heavy atom. The van der Waals surface area contributed by atoms with Crippen molar-refractivity contribution in [2.45, 2.75) is 38.7 Å². The number of amides is 1. The second-order valence-corrected chi connectivity index (χ2v) is 6.45. The minimum atomic E-state index is -0.110. The summed E-state index contributed by atoms with van der Waals surface area (Å²) in [6.07, 6.45) is 14.7. The molecule has 2 aliphatic rings. The molecule has 3 rings (SSSR count). The van der Waals surface area contributed by atoms with Crippen molar-refractivity contribution in [2.75, 3.05) is 13.1 Å². The Hall–Kier alpha value is -2.43. The molecule has 1 atom stereocenters. The third-order valence-corrected chi connectivity index (χ3v) is 4.51. The number of nitrogens with zero attached hydrogens (tertiary/aromatic N) is 3. The Kier molecular flexibility index (Phi) is 5.99. The lowest BCUT2D eigenvalue weighted by Crippen LogP contribution is -2.31. The van der Waals surface area contributed by atoms with E-state index in [2.05, 4.69) is 9.98 Å². The van der Waals surface area contributed by atoms with Crippen LogP contribution in [0.25, 0.3) is 0 Å². The molecule has 1 fully saturated rings. The standard InChI is InChI=1S/C20H25N3O2/c1-2-23(19(24)15-16-6-7-16)13-4-14-25-18-5-3-10-22-20(18)17-8-11-21-12-9-17/h3-4,8-12,14,16,18H,2,5-7,13,15H2,1H3/b14-4+. The number of likely N-dealkylation sites (N-methyl/N-ethyl adjacent to an activating group) is 1. The van der Waals surface area contributed by atoms with Crippen LogP contribution in [0.2, 0.25) is 0 Å². The molecule has 2 heterocycles. The van der Waals surface area contributed by atoms with Crippen molar-refractivity contribution in [1.82, 2.24) is 9.88 Å². The Bertz CT molecular complexity index is 663. The molecule has 1 amide bonds. The van der Waals surface area contributed by atoms with Crippen LogP contribution in [0.5, 0.6) is 0 Å². The van der Waals surface area contributed by atoms with Gasteiger partial charge in [-0.25, -0.2) is 0 Å². The van der Waals surface area contributed by atoms with Crippen molar-refractivity contribution in [1.29, 1.82) is 0 Å². The van der Waals surface area contributed by atoms with E-state index < -0.39 is 0 Å². The summed E-state index contributed by atoms with van der Waals surface area (Å²) >= 11 is 0. The molecule has 0 bridgehead atoms. The van der Waals surface area contributed by atoms with E-state index in [0.29, 0.717) is 18.9 Å². The van der Waals surface area contributed by atoms with Gasteiger partial charge >= 0.3 is 0 Å². The average Bonchev–Trinajstić information content (AvgIpc) is 3.46. The fraction of sp³-hybridized carbons (Fsp3) is 0.450. The summed E-state index contributed by atoms with van der Waals surface area (Å²) in [5, 5.41) is 0. The first-order valence-electron chi connectivity index (χ1n) is 8.99. The minimum Gasteiger partial charge on any atom is -0.492 e. The lowest BCUT2D eigenvalue weighted by Gasteiger charge is -2.21. The summed E-state index contributed by atoms with van der Waals surface area (Å²) in [6.45, 7) is 3.33. The molecular weight excluding hydrogens is 314 g/mol. The van der Waals surface area contributed by atoms with Crippen LogP contribution in [0.15, 0.2) is 54.1 Å². The zero-order valence-electron chi connectivity index (χ0n) is 14.7. The van der Waals surface area contributed by atoms with Crippen LogP contribution < -0.4 is 0 Å². The van der Waals surface area contributed by atoms with Crippen molar-refractivity contribution < 1.29 is 9.53 Å². The normalized spacial score (nSPS) is 19.7. The SMILES string of the molecule is CCN(C/C=C/OC1CC=CN=C1c1ccncc1)C(=O)CC1CC1. The van der Waals surface area contributed by atoms with Crippen LogP contribution in [-0.2, 0) is 9.53 Å². The number of rotatable bonds is 8. The van der Waals surface area contributed by atoms with Crippen LogP contribution in [0, 0.1) is 5.92 Å². The van der Waals surface area contributed by atoms with Gasteiger partial charge in [-0.05, 0) is 43.9 Å². The predicted octanol–water partition coefficient (Wildman–Crippen LogP) is 3.34. The van der Waals surface area contributed by atoms with Gasteiger partial charge in [0.05, 0.1) is 12.0 Å². The highest BCUT2D eigenvalue weighted by Crippen LogP contribution is 2.32. The lowest BCUT2D eigenvalue weighted by atomic mass is 10.0. The fourth-order valence-electron chi connectivity index (χ4n) is 2.84. The van der Waals surface area contributed by atoms with Crippen molar-refractivity contribution in [3.63, 3.8) is 0 Å². The molecule has 1 aliphatic heterocycles. The molecular formula is C20H25N3O2. The Morgan fingerprint density at radius 2 is 2.16 bits per heavy atom. The maximum atomic E-state index is 12.2. The van der Waals surface area contributed by atoms with Gasteiger partial charge in [-0.1, -0.05) is 6.08 Å². The van der Waals surface area contributed by atoms with E-state index in [1.807, 2.05) is 42.3 Å². The van der Waals surface area contributed by atoms with E-state index in [9.17, 15) is 4.79 Å². The molecule has 5 nitrogen and oxygen atoms in total. The number of aromatic nitrogens is 1. The third-order valence-electron chi connectivity index (χ3n) is 4.51. The maximum absolute atomic E-state index is 12.2. The van der Waals surface area contributed by atoms with E-state index in [1.165, 1.54) is 12.8 Å². The zero-order chi connectivity index (χ0) is 17.5. The lowest BCUT2D eigenvalue weighted by molar-refractivity contribution is -0.130. The van der Waals surface area contributed by atoms with Crippen LogP contribution in [0.3, 0.4) is 0 Å². The summed E-state index contributed by atoms with van der Waals surface area (Å²) in [5.74, 6) is 0.865. The van der Waals surface area contributed by atoms with Crippen LogP contribution in [-0.4, -0.2) is 40.7 Å². The van der Waals surface area contributed by atoms with Gasteiger partial charge in [0.2, 0.25) is 5.91 Å². The molecule has 5 heteroatoms. The fourth-order valence-corrected chi connectivity index (χ4v) is 2.84. The van der Waals surface area contributed by atoms with Crippen molar-refractivity contribution in [3.8, 4) is 0 Å². The van der Waals surface area contributed by atoms with E-state index in [4.69, 9.17) is 4.74 Å². The van der Waals surface area contributed by atoms with E-state index in [0.717, 1.165) is 24.2 Å². The van der Waals surface area contributed by atoms with Gasteiger partial charge in [-0.15, -0.1) is 0 Å². The smallest absolute Gasteiger partial charge is 0.223 e. The summed E-state index contributed by atoms with van der Waals surface area (Å²) in [6, 6.07) is 3.88. The number of ether oxygens (including phenoxy) is 1. The first-order chi connectivity index (χ1) is 12.3. The van der Waals surface area contributed by atoms with E-state index in [1.54, 1.807) is 18.7 Å².